The predicted molar refractivity (Wildman–Crippen MR) is 118 cm³/mol. The summed E-state index contributed by atoms with van der Waals surface area (Å²) in [5.74, 6) is -0.321. The van der Waals surface area contributed by atoms with Crippen LogP contribution in [-0.2, 0) is 6.42 Å². The Labute approximate surface area is 190 Å². The van der Waals surface area contributed by atoms with Crippen molar-refractivity contribution in [3.8, 4) is 17.5 Å². The Morgan fingerprint density at radius 2 is 2.19 bits per heavy atom. The molecule has 1 fully saturated rings. The third-order valence-corrected chi connectivity index (χ3v) is 6.16. The van der Waals surface area contributed by atoms with Gasteiger partial charge in [-0.1, -0.05) is 0 Å². The molecular weight excluding hydrogens is 483 g/mol. The predicted octanol–water partition coefficient (Wildman–Crippen LogP) is 3.85. The first-order valence-electron chi connectivity index (χ1n) is 9.82. The Kier molecular flexibility index (Phi) is 5.84. The monoisotopic (exact) mass is 500 g/mol. The van der Waals surface area contributed by atoms with Crippen LogP contribution in [0.25, 0.3) is 16.6 Å². The van der Waals surface area contributed by atoms with Crippen molar-refractivity contribution >= 4 is 32.9 Å². The molecule has 1 N–H and O–H groups in total. The number of fused-ring (bicyclic) bond motifs is 1. The van der Waals surface area contributed by atoms with E-state index in [2.05, 4.69) is 20.9 Å². The summed E-state index contributed by atoms with van der Waals surface area (Å²) in [5, 5.41) is 19.0. The summed E-state index contributed by atoms with van der Waals surface area (Å²) in [6.45, 7) is 0.407. The van der Waals surface area contributed by atoms with Crippen LogP contribution in [-0.4, -0.2) is 45.3 Å². The van der Waals surface area contributed by atoms with Crippen LogP contribution >= 0.6 is 15.9 Å². The van der Waals surface area contributed by atoms with E-state index < -0.39 is 17.5 Å². The molecule has 1 aromatic heterocycles. The van der Waals surface area contributed by atoms with E-state index in [0.29, 0.717) is 35.2 Å². The van der Waals surface area contributed by atoms with Crippen molar-refractivity contribution < 1.29 is 19.0 Å². The molecule has 0 bridgehead atoms. The van der Waals surface area contributed by atoms with Crippen LogP contribution in [0.2, 0.25) is 0 Å². The van der Waals surface area contributed by atoms with Crippen molar-refractivity contribution in [3.05, 3.63) is 62.4 Å². The molecule has 0 saturated carbocycles. The second-order valence-electron chi connectivity index (χ2n) is 7.43. The van der Waals surface area contributed by atoms with Gasteiger partial charge in [-0.05, 0) is 53.0 Å². The SMILES string of the molecule is COc1ccc(-n2c(CC3CCCN3C(=O)O)nc3c(Br)cc(C#N)cc3c2=O)cc1F. The second-order valence-corrected chi connectivity index (χ2v) is 8.28. The maximum atomic E-state index is 14.5. The van der Waals surface area contributed by atoms with Gasteiger partial charge in [0.05, 0.1) is 35.3 Å². The number of rotatable bonds is 4. The van der Waals surface area contributed by atoms with Crippen molar-refractivity contribution in [1.29, 1.82) is 5.26 Å². The standard InChI is InChI=1S/C22H18BrFN4O4/c1-32-18-5-4-14(9-17(18)24)28-19(10-13-3-2-6-27(13)22(30)31)26-20-15(21(28)29)7-12(11-25)8-16(20)23/h4-5,7-9,13H,2-3,6,10H2,1H3,(H,30,31). The number of carboxylic acid groups (broad SMARTS) is 1. The molecule has 4 rings (SSSR count). The lowest BCUT2D eigenvalue weighted by atomic mass is 10.1. The summed E-state index contributed by atoms with van der Waals surface area (Å²) >= 11 is 3.37. The van der Waals surface area contributed by atoms with Gasteiger partial charge in [0.2, 0.25) is 0 Å². The molecule has 32 heavy (non-hydrogen) atoms. The molecule has 0 aliphatic carbocycles. The molecule has 164 valence electrons. The van der Waals surface area contributed by atoms with Gasteiger partial charge in [-0.25, -0.2) is 14.2 Å². The number of benzene rings is 2. The summed E-state index contributed by atoms with van der Waals surface area (Å²) in [6, 6.07) is 8.77. The van der Waals surface area contributed by atoms with Gasteiger partial charge in [-0.15, -0.1) is 0 Å². The molecule has 1 aliphatic heterocycles. The van der Waals surface area contributed by atoms with Gasteiger partial charge in [0.25, 0.3) is 5.56 Å². The topological polar surface area (TPSA) is 108 Å². The number of likely N-dealkylation sites (tertiary alicyclic amines) is 1. The minimum atomic E-state index is -1.03. The number of aromatic nitrogens is 2. The molecule has 10 heteroatoms. The Hall–Kier alpha value is -3.45. The van der Waals surface area contributed by atoms with E-state index in [4.69, 9.17) is 4.74 Å². The number of carbonyl (C=O) groups is 1. The maximum Gasteiger partial charge on any atom is 0.407 e. The lowest BCUT2D eigenvalue weighted by molar-refractivity contribution is 0.139. The molecule has 0 radical (unpaired) electrons. The number of halogens is 2. The smallest absolute Gasteiger partial charge is 0.407 e. The average molecular weight is 501 g/mol. The average Bonchev–Trinajstić information content (AvgIpc) is 3.23. The zero-order chi connectivity index (χ0) is 23.0. The van der Waals surface area contributed by atoms with Crippen molar-refractivity contribution in [3.63, 3.8) is 0 Å². The second kappa shape index (κ2) is 8.59. The lowest BCUT2D eigenvalue weighted by Crippen LogP contribution is -2.37. The lowest BCUT2D eigenvalue weighted by Gasteiger charge is -2.23. The van der Waals surface area contributed by atoms with E-state index in [1.165, 1.54) is 40.8 Å². The highest BCUT2D eigenvalue weighted by Crippen LogP contribution is 2.27. The third-order valence-electron chi connectivity index (χ3n) is 5.56. The quantitative estimate of drug-likeness (QED) is 0.582. The summed E-state index contributed by atoms with van der Waals surface area (Å²) in [6.07, 6.45) is 0.488. The molecule has 2 aromatic carbocycles. The van der Waals surface area contributed by atoms with Crippen LogP contribution in [0.15, 0.2) is 39.6 Å². The van der Waals surface area contributed by atoms with Gasteiger partial charge in [0.1, 0.15) is 5.82 Å². The number of amides is 1. The normalized spacial score (nSPS) is 15.7. The fourth-order valence-corrected chi connectivity index (χ4v) is 4.61. The number of ether oxygens (including phenoxy) is 1. The van der Waals surface area contributed by atoms with Gasteiger partial charge in [0.15, 0.2) is 11.6 Å². The molecule has 1 atom stereocenters. The molecule has 1 saturated heterocycles. The molecule has 8 nitrogen and oxygen atoms in total. The third kappa shape index (κ3) is 3.80. The Balaban J connectivity index is 1.96. The highest BCUT2D eigenvalue weighted by atomic mass is 79.9. The van der Waals surface area contributed by atoms with Gasteiger partial charge >= 0.3 is 6.09 Å². The van der Waals surface area contributed by atoms with Crippen molar-refractivity contribution in [2.75, 3.05) is 13.7 Å². The first kappa shape index (κ1) is 21.8. The molecule has 0 spiro atoms. The van der Waals surface area contributed by atoms with Gasteiger partial charge in [-0.2, -0.15) is 5.26 Å². The van der Waals surface area contributed by atoms with Crippen LogP contribution in [0.5, 0.6) is 5.75 Å². The van der Waals surface area contributed by atoms with Crippen LogP contribution in [0.1, 0.15) is 24.2 Å². The summed E-state index contributed by atoms with van der Waals surface area (Å²) in [4.78, 5) is 31.1. The van der Waals surface area contributed by atoms with Gasteiger partial charge < -0.3 is 14.7 Å². The Morgan fingerprint density at radius 1 is 1.41 bits per heavy atom. The number of nitriles is 1. The van der Waals surface area contributed by atoms with E-state index in [9.17, 15) is 24.3 Å². The van der Waals surface area contributed by atoms with Gasteiger partial charge in [-0.3, -0.25) is 9.36 Å². The molecule has 1 amide bonds. The largest absolute Gasteiger partial charge is 0.494 e. The zero-order valence-corrected chi connectivity index (χ0v) is 18.6. The first-order chi connectivity index (χ1) is 15.3. The van der Waals surface area contributed by atoms with Crippen LogP contribution in [0.4, 0.5) is 9.18 Å². The first-order valence-corrected chi connectivity index (χ1v) is 10.6. The van der Waals surface area contributed by atoms with E-state index in [0.717, 1.165) is 0 Å². The summed E-state index contributed by atoms with van der Waals surface area (Å²) < 4.78 is 21.2. The highest BCUT2D eigenvalue weighted by Gasteiger charge is 2.30. The van der Waals surface area contributed by atoms with E-state index in [1.807, 2.05) is 6.07 Å². The Morgan fingerprint density at radius 3 is 2.84 bits per heavy atom. The Bertz CT molecular complexity index is 1330. The maximum absolute atomic E-state index is 14.5. The number of hydrogen-bond acceptors (Lipinski definition) is 5. The van der Waals surface area contributed by atoms with Crippen LogP contribution in [0.3, 0.4) is 0 Å². The van der Waals surface area contributed by atoms with Crippen LogP contribution in [0, 0.1) is 17.1 Å². The zero-order valence-electron chi connectivity index (χ0n) is 17.0. The number of methoxy groups -OCH3 is 1. The van der Waals surface area contributed by atoms with Crippen molar-refractivity contribution in [1.82, 2.24) is 14.5 Å². The fraction of sp³-hybridized carbons (Fsp3) is 0.273. The minimum absolute atomic E-state index is 0.0273. The van der Waals surface area contributed by atoms with Gasteiger partial charge in [0, 0.05) is 29.5 Å². The van der Waals surface area contributed by atoms with Crippen LogP contribution < -0.4 is 10.3 Å². The summed E-state index contributed by atoms with van der Waals surface area (Å²) in [7, 11) is 1.34. The molecule has 3 aromatic rings. The van der Waals surface area contributed by atoms with Crippen molar-refractivity contribution in [2.45, 2.75) is 25.3 Å². The molecule has 1 unspecified atom stereocenters. The minimum Gasteiger partial charge on any atom is -0.494 e. The highest BCUT2D eigenvalue weighted by molar-refractivity contribution is 9.10. The number of nitrogens with zero attached hydrogens (tertiary/aromatic N) is 4. The number of hydrogen-bond donors (Lipinski definition) is 1. The van der Waals surface area contributed by atoms with E-state index >= 15 is 0 Å². The van der Waals surface area contributed by atoms with E-state index in [1.54, 1.807) is 6.07 Å². The van der Waals surface area contributed by atoms with Crippen molar-refractivity contribution in [2.24, 2.45) is 0 Å². The summed E-state index contributed by atoms with van der Waals surface area (Å²) in [5.41, 5.74) is 0.383. The van der Waals surface area contributed by atoms with E-state index in [-0.39, 0.29) is 34.8 Å². The molecule has 1 aliphatic rings. The molecule has 2 heterocycles. The fourth-order valence-electron chi connectivity index (χ4n) is 4.07. The molecular formula is C22H18BrFN4O4.